The van der Waals surface area contributed by atoms with Crippen LogP contribution in [0.1, 0.15) is 28.9 Å². The van der Waals surface area contributed by atoms with E-state index < -0.39 is 0 Å². The Morgan fingerprint density at radius 1 is 0.923 bits per heavy atom. The average Bonchev–Trinajstić information content (AvgIpc) is 3.12. The molecule has 0 radical (unpaired) electrons. The molecule has 3 nitrogen and oxygen atoms in total. The second kappa shape index (κ2) is 8.52. The lowest BCUT2D eigenvalue weighted by molar-refractivity contribution is -0.121. The van der Waals surface area contributed by atoms with Crippen LogP contribution in [-0.4, -0.2) is 12.5 Å². The Balaban J connectivity index is 1.47. The molecule has 0 aliphatic heterocycles. The predicted molar refractivity (Wildman–Crippen MR) is 105 cm³/mol. The standard InChI is InChI=1S/C23H25NO2/c1-17-8-9-20(16-18(17)2)22-12-10-21(26-22)11-13-23(25)24-15-14-19-6-4-3-5-7-19/h3-10,12,16H,11,13-15H2,1-2H3,(H,24,25). The lowest BCUT2D eigenvalue weighted by Crippen LogP contribution is -2.25. The van der Waals surface area contributed by atoms with Crippen molar-refractivity contribution in [3.63, 3.8) is 0 Å². The number of nitrogens with one attached hydrogen (secondary N) is 1. The van der Waals surface area contributed by atoms with Crippen LogP contribution in [0.2, 0.25) is 0 Å². The zero-order valence-electron chi connectivity index (χ0n) is 15.4. The molecule has 3 aromatic rings. The zero-order valence-corrected chi connectivity index (χ0v) is 15.4. The van der Waals surface area contributed by atoms with E-state index >= 15 is 0 Å². The van der Waals surface area contributed by atoms with Crippen molar-refractivity contribution in [2.24, 2.45) is 0 Å². The van der Waals surface area contributed by atoms with Gasteiger partial charge in [0.05, 0.1) is 0 Å². The molecule has 26 heavy (non-hydrogen) atoms. The lowest BCUT2D eigenvalue weighted by atomic mass is 10.1. The van der Waals surface area contributed by atoms with Crippen LogP contribution >= 0.6 is 0 Å². The molecule has 1 aromatic heterocycles. The topological polar surface area (TPSA) is 42.2 Å². The van der Waals surface area contributed by atoms with Gasteiger partial charge in [-0.15, -0.1) is 0 Å². The highest BCUT2D eigenvalue weighted by Crippen LogP contribution is 2.24. The van der Waals surface area contributed by atoms with Crippen molar-refractivity contribution in [2.45, 2.75) is 33.1 Å². The zero-order chi connectivity index (χ0) is 18.4. The molecule has 0 spiro atoms. The summed E-state index contributed by atoms with van der Waals surface area (Å²) < 4.78 is 5.91. The van der Waals surface area contributed by atoms with E-state index in [9.17, 15) is 4.79 Å². The Hall–Kier alpha value is -2.81. The van der Waals surface area contributed by atoms with Crippen LogP contribution in [0.15, 0.2) is 65.1 Å². The van der Waals surface area contributed by atoms with Gasteiger partial charge in [-0.05, 0) is 55.2 Å². The Labute approximate surface area is 155 Å². The number of hydrogen-bond donors (Lipinski definition) is 1. The fourth-order valence-corrected chi connectivity index (χ4v) is 2.88. The molecule has 0 aliphatic rings. The Kier molecular flexibility index (Phi) is 5.90. The molecular formula is C23H25NO2. The summed E-state index contributed by atoms with van der Waals surface area (Å²) in [5.41, 5.74) is 4.83. The SMILES string of the molecule is Cc1ccc(-c2ccc(CCC(=O)NCCc3ccccc3)o2)cc1C. The molecule has 1 N–H and O–H groups in total. The van der Waals surface area contributed by atoms with E-state index in [1.165, 1.54) is 16.7 Å². The number of carbonyl (C=O) groups excluding carboxylic acids is 1. The van der Waals surface area contributed by atoms with Crippen molar-refractivity contribution in [3.05, 3.63) is 83.1 Å². The highest BCUT2D eigenvalue weighted by Gasteiger charge is 2.08. The summed E-state index contributed by atoms with van der Waals surface area (Å²) >= 11 is 0. The Morgan fingerprint density at radius 3 is 2.50 bits per heavy atom. The highest BCUT2D eigenvalue weighted by molar-refractivity contribution is 5.76. The van der Waals surface area contributed by atoms with Gasteiger partial charge in [-0.3, -0.25) is 4.79 Å². The van der Waals surface area contributed by atoms with Gasteiger partial charge >= 0.3 is 0 Å². The summed E-state index contributed by atoms with van der Waals surface area (Å²) in [5.74, 6) is 1.76. The van der Waals surface area contributed by atoms with Crippen molar-refractivity contribution in [2.75, 3.05) is 6.54 Å². The number of amides is 1. The number of aryl methyl sites for hydroxylation is 3. The molecule has 0 unspecified atom stereocenters. The van der Waals surface area contributed by atoms with E-state index in [0.717, 1.165) is 23.5 Å². The van der Waals surface area contributed by atoms with Crippen LogP contribution in [0.4, 0.5) is 0 Å². The molecule has 3 heteroatoms. The van der Waals surface area contributed by atoms with Crippen LogP contribution in [0.25, 0.3) is 11.3 Å². The van der Waals surface area contributed by atoms with E-state index in [0.29, 0.717) is 19.4 Å². The fourth-order valence-electron chi connectivity index (χ4n) is 2.88. The highest BCUT2D eigenvalue weighted by atomic mass is 16.3. The van der Waals surface area contributed by atoms with E-state index in [-0.39, 0.29) is 5.91 Å². The van der Waals surface area contributed by atoms with Crippen LogP contribution in [0, 0.1) is 13.8 Å². The van der Waals surface area contributed by atoms with Gasteiger partial charge in [0.1, 0.15) is 11.5 Å². The first kappa shape index (κ1) is 18.0. The summed E-state index contributed by atoms with van der Waals surface area (Å²) in [6.07, 6.45) is 1.90. The third-order valence-electron chi connectivity index (χ3n) is 4.63. The van der Waals surface area contributed by atoms with Crippen molar-refractivity contribution in [1.29, 1.82) is 0 Å². The van der Waals surface area contributed by atoms with Crippen LogP contribution in [0.5, 0.6) is 0 Å². The van der Waals surface area contributed by atoms with Crippen LogP contribution < -0.4 is 5.32 Å². The molecule has 1 heterocycles. The fraction of sp³-hybridized carbons (Fsp3) is 0.261. The van der Waals surface area contributed by atoms with E-state index in [4.69, 9.17) is 4.42 Å². The van der Waals surface area contributed by atoms with Gasteiger partial charge in [0.15, 0.2) is 0 Å². The number of benzene rings is 2. The predicted octanol–water partition coefficient (Wildman–Crippen LogP) is 4.85. The van der Waals surface area contributed by atoms with Gasteiger partial charge in [0.2, 0.25) is 5.91 Å². The first-order valence-corrected chi connectivity index (χ1v) is 9.09. The summed E-state index contributed by atoms with van der Waals surface area (Å²) in [6, 6.07) is 20.4. The number of hydrogen-bond acceptors (Lipinski definition) is 2. The van der Waals surface area contributed by atoms with Crippen molar-refractivity contribution < 1.29 is 9.21 Å². The van der Waals surface area contributed by atoms with Gasteiger partial charge in [-0.2, -0.15) is 0 Å². The molecule has 0 saturated heterocycles. The van der Waals surface area contributed by atoms with Gasteiger partial charge in [-0.1, -0.05) is 42.5 Å². The summed E-state index contributed by atoms with van der Waals surface area (Å²) in [6.45, 7) is 4.86. The lowest BCUT2D eigenvalue weighted by Gasteiger charge is -2.05. The van der Waals surface area contributed by atoms with E-state index in [2.05, 4.69) is 49.5 Å². The van der Waals surface area contributed by atoms with Crippen molar-refractivity contribution in [1.82, 2.24) is 5.32 Å². The Bertz CT molecular complexity index is 865. The first-order valence-electron chi connectivity index (χ1n) is 9.09. The maximum atomic E-state index is 12.0. The molecule has 0 atom stereocenters. The minimum Gasteiger partial charge on any atom is -0.461 e. The molecule has 0 bridgehead atoms. The maximum absolute atomic E-state index is 12.0. The smallest absolute Gasteiger partial charge is 0.220 e. The largest absolute Gasteiger partial charge is 0.461 e. The third-order valence-corrected chi connectivity index (χ3v) is 4.63. The first-order chi connectivity index (χ1) is 12.6. The monoisotopic (exact) mass is 347 g/mol. The van der Waals surface area contributed by atoms with Crippen molar-refractivity contribution >= 4 is 5.91 Å². The molecule has 0 fully saturated rings. The summed E-state index contributed by atoms with van der Waals surface area (Å²) in [4.78, 5) is 12.0. The van der Waals surface area contributed by atoms with E-state index in [1.807, 2.05) is 30.3 Å². The molecule has 0 aliphatic carbocycles. The van der Waals surface area contributed by atoms with E-state index in [1.54, 1.807) is 0 Å². The molecule has 2 aromatic carbocycles. The molecule has 1 amide bonds. The molecule has 3 rings (SSSR count). The van der Waals surface area contributed by atoms with Crippen molar-refractivity contribution in [3.8, 4) is 11.3 Å². The summed E-state index contributed by atoms with van der Waals surface area (Å²) in [5, 5.41) is 2.97. The molecule has 0 saturated carbocycles. The van der Waals surface area contributed by atoms with Crippen LogP contribution in [0.3, 0.4) is 0 Å². The Morgan fingerprint density at radius 2 is 1.73 bits per heavy atom. The number of furan rings is 1. The summed E-state index contributed by atoms with van der Waals surface area (Å²) in [7, 11) is 0. The third kappa shape index (κ3) is 4.85. The molecule has 134 valence electrons. The minimum atomic E-state index is 0.0602. The molecular weight excluding hydrogens is 322 g/mol. The van der Waals surface area contributed by atoms with Gasteiger partial charge in [-0.25, -0.2) is 0 Å². The van der Waals surface area contributed by atoms with Gasteiger partial charge in [0.25, 0.3) is 0 Å². The minimum absolute atomic E-state index is 0.0602. The normalized spacial score (nSPS) is 10.7. The number of carbonyl (C=O) groups is 1. The maximum Gasteiger partial charge on any atom is 0.220 e. The van der Waals surface area contributed by atoms with Gasteiger partial charge < -0.3 is 9.73 Å². The van der Waals surface area contributed by atoms with Crippen LogP contribution in [-0.2, 0) is 17.6 Å². The second-order valence-corrected chi connectivity index (χ2v) is 6.65. The van der Waals surface area contributed by atoms with Gasteiger partial charge in [0, 0.05) is 24.9 Å². The second-order valence-electron chi connectivity index (χ2n) is 6.65. The quantitative estimate of drug-likeness (QED) is 0.663. The average molecular weight is 347 g/mol. The number of rotatable bonds is 7.